The summed E-state index contributed by atoms with van der Waals surface area (Å²) in [7, 11) is 0. The Bertz CT molecular complexity index is 1330. The number of aryl methyl sites for hydroxylation is 1. The summed E-state index contributed by atoms with van der Waals surface area (Å²) in [4.78, 5) is 27.8. The van der Waals surface area contributed by atoms with Crippen LogP contribution in [0.25, 0.3) is 0 Å². The first-order chi connectivity index (χ1) is 18.0. The average Bonchev–Trinajstić information content (AvgIpc) is 3.57. The summed E-state index contributed by atoms with van der Waals surface area (Å²) in [5, 5.41) is 0. The lowest BCUT2D eigenvalue weighted by molar-refractivity contribution is -0.149. The molecule has 0 N–H and O–H groups in total. The third-order valence-electron chi connectivity index (χ3n) is 8.56. The number of hydrogen-bond acceptors (Lipinski definition) is 4. The molecular formula is C34H43NO4. The zero-order valence-electron chi connectivity index (χ0n) is 23.3. The summed E-state index contributed by atoms with van der Waals surface area (Å²) in [5.74, 6) is 0.425. The van der Waals surface area contributed by atoms with Gasteiger partial charge in [0.25, 0.3) is 5.91 Å². The van der Waals surface area contributed by atoms with E-state index in [0.717, 1.165) is 17.7 Å². The molecule has 1 fully saturated rings. The van der Waals surface area contributed by atoms with Gasteiger partial charge < -0.3 is 14.1 Å². The van der Waals surface area contributed by atoms with E-state index in [1.54, 1.807) is 11.0 Å². The van der Waals surface area contributed by atoms with E-state index in [2.05, 4.69) is 46.8 Å². The Labute approximate surface area is 233 Å². The van der Waals surface area contributed by atoms with E-state index in [-0.39, 0.29) is 42.5 Å². The number of esters is 1. The molecule has 0 unspecified atom stereocenters. The number of rotatable bonds is 6. The number of likely N-dealkylation sites (tertiary alicyclic amines) is 1. The fourth-order valence-electron chi connectivity index (χ4n) is 5.95. The lowest BCUT2D eigenvalue weighted by atomic mass is 9.62. The van der Waals surface area contributed by atoms with Crippen LogP contribution in [0.15, 0.2) is 59.0 Å². The number of carbonyl (C=O) groups excluding carboxylic acids is 2. The smallest absolute Gasteiger partial charge is 0.329 e. The van der Waals surface area contributed by atoms with Gasteiger partial charge in [0, 0.05) is 13.0 Å². The number of fused-ring (bicyclic) bond motifs is 1. The van der Waals surface area contributed by atoms with Gasteiger partial charge in [-0.25, -0.2) is 4.79 Å². The molecule has 0 bridgehead atoms. The highest BCUT2D eigenvalue weighted by atomic mass is 16.5. The second kappa shape index (κ2) is 11.0. The van der Waals surface area contributed by atoms with Crippen LogP contribution in [0, 0.1) is 6.92 Å². The SMILES string of the molecule is C.Cc1cc2c(cc1Cc1ccc(C(=O)N3CCC[C@@H]3C(=O)OCc3ccccc3)o1)C(C)(C)CCC2(C)C. The second-order valence-electron chi connectivity index (χ2n) is 12.3. The Morgan fingerprint density at radius 1 is 0.974 bits per heavy atom. The molecule has 5 rings (SSSR count). The second-order valence-corrected chi connectivity index (χ2v) is 12.3. The van der Waals surface area contributed by atoms with Gasteiger partial charge in [0.1, 0.15) is 18.4 Å². The van der Waals surface area contributed by atoms with E-state index in [9.17, 15) is 9.59 Å². The predicted molar refractivity (Wildman–Crippen MR) is 155 cm³/mol. The molecule has 0 saturated carbocycles. The van der Waals surface area contributed by atoms with Crippen LogP contribution in [0.4, 0.5) is 0 Å². The van der Waals surface area contributed by atoms with Crippen LogP contribution >= 0.6 is 0 Å². The molecule has 1 amide bonds. The molecule has 1 aromatic heterocycles. The molecule has 5 heteroatoms. The van der Waals surface area contributed by atoms with E-state index >= 15 is 0 Å². The standard InChI is InChI=1S/C33H39NO4.CH4/c1-22-18-26-27(33(4,5)16-15-32(26,2)3)20-24(22)19-25-13-14-29(38-25)30(35)34-17-9-12-28(34)31(36)37-21-23-10-7-6-8-11-23;/h6-8,10-11,13-14,18,20,28H,9,12,15-17,19,21H2,1-5H3;1H4/t28-;/m1./s1. The molecule has 208 valence electrons. The molecule has 1 aliphatic carbocycles. The highest BCUT2D eigenvalue weighted by Crippen LogP contribution is 2.46. The van der Waals surface area contributed by atoms with Crippen molar-refractivity contribution in [3.8, 4) is 0 Å². The molecule has 1 saturated heterocycles. The van der Waals surface area contributed by atoms with Crippen molar-refractivity contribution in [2.45, 2.75) is 97.6 Å². The van der Waals surface area contributed by atoms with Crippen LogP contribution in [0.1, 0.15) is 105 Å². The van der Waals surface area contributed by atoms with Crippen LogP contribution in [0.2, 0.25) is 0 Å². The average molecular weight is 530 g/mol. The van der Waals surface area contributed by atoms with Gasteiger partial charge in [-0.2, -0.15) is 0 Å². The Hall–Kier alpha value is -3.34. The summed E-state index contributed by atoms with van der Waals surface area (Å²) in [5.41, 5.74) is 6.59. The van der Waals surface area contributed by atoms with Crippen LogP contribution in [-0.2, 0) is 33.4 Å². The molecule has 1 aliphatic heterocycles. The zero-order chi connectivity index (χ0) is 27.1. The Morgan fingerprint density at radius 3 is 2.33 bits per heavy atom. The van der Waals surface area contributed by atoms with Crippen molar-refractivity contribution in [1.82, 2.24) is 4.90 Å². The minimum atomic E-state index is -0.576. The fourth-order valence-corrected chi connectivity index (χ4v) is 5.95. The van der Waals surface area contributed by atoms with Gasteiger partial charge in [0.15, 0.2) is 5.76 Å². The van der Waals surface area contributed by atoms with Crippen molar-refractivity contribution in [3.05, 3.63) is 93.9 Å². The van der Waals surface area contributed by atoms with E-state index in [0.29, 0.717) is 19.4 Å². The number of nitrogens with zero attached hydrogens (tertiary/aromatic N) is 1. The van der Waals surface area contributed by atoms with E-state index < -0.39 is 6.04 Å². The number of amides is 1. The van der Waals surface area contributed by atoms with E-state index in [4.69, 9.17) is 9.15 Å². The van der Waals surface area contributed by atoms with Crippen LogP contribution < -0.4 is 0 Å². The van der Waals surface area contributed by atoms with Crippen molar-refractivity contribution in [3.63, 3.8) is 0 Å². The first-order valence-corrected chi connectivity index (χ1v) is 13.8. The van der Waals surface area contributed by atoms with E-state index in [1.165, 1.54) is 35.1 Å². The summed E-state index contributed by atoms with van der Waals surface area (Å²) in [6, 6.07) is 17.4. The molecule has 39 heavy (non-hydrogen) atoms. The Balaban J connectivity index is 0.00000353. The number of ether oxygens (including phenoxy) is 1. The molecule has 2 aromatic carbocycles. The zero-order valence-corrected chi connectivity index (χ0v) is 23.3. The van der Waals surface area contributed by atoms with Crippen LogP contribution in [0.5, 0.6) is 0 Å². The molecule has 5 nitrogen and oxygen atoms in total. The fraction of sp³-hybridized carbons (Fsp3) is 0.471. The van der Waals surface area contributed by atoms with Gasteiger partial charge in [0.2, 0.25) is 0 Å². The number of hydrogen-bond donors (Lipinski definition) is 0. The predicted octanol–water partition coefficient (Wildman–Crippen LogP) is 7.51. The maximum atomic E-state index is 13.3. The molecule has 2 aliphatic rings. The van der Waals surface area contributed by atoms with Crippen molar-refractivity contribution < 1.29 is 18.7 Å². The molecule has 0 spiro atoms. The van der Waals surface area contributed by atoms with E-state index in [1.807, 2.05) is 36.4 Å². The summed E-state index contributed by atoms with van der Waals surface area (Å²) >= 11 is 0. The number of carbonyl (C=O) groups is 2. The van der Waals surface area contributed by atoms with Gasteiger partial charge in [-0.3, -0.25) is 4.79 Å². The maximum absolute atomic E-state index is 13.3. The Morgan fingerprint density at radius 2 is 1.64 bits per heavy atom. The monoisotopic (exact) mass is 529 g/mol. The maximum Gasteiger partial charge on any atom is 0.329 e. The summed E-state index contributed by atoms with van der Waals surface area (Å²) in [6.45, 7) is 12.2. The molecular weight excluding hydrogens is 486 g/mol. The Kier molecular flexibility index (Phi) is 8.11. The third kappa shape index (κ3) is 5.83. The third-order valence-corrected chi connectivity index (χ3v) is 8.56. The molecule has 3 aromatic rings. The van der Waals surface area contributed by atoms with Gasteiger partial charge in [-0.1, -0.05) is 77.6 Å². The van der Waals surface area contributed by atoms with Gasteiger partial charge >= 0.3 is 5.97 Å². The first-order valence-electron chi connectivity index (χ1n) is 13.8. The molecule has 1 atom stereocenters. The number of furan rings is 1. The van der Waals surface area contributed by atoms with Gasteiger partial charge in [-0.15, -0.1) is 0 Å². The van der Waals surface area contributed by atoms with Crippen LogP contribution in [0.3, 0.4) is 0 Å². The summed E-state index contributed by atoms with van der Waals surface area (Å²) in [6.07, 6.45) is 4.36. The van der Waals surface area contributed by atoms with Crippen molar-refractivity contribution in [1.29, 1.82) is 0 Å². The quantitative estimate of drug-likeness (QED) is 0.310. The number of benzene rings is 2. The highest BCUT2D eigenvalue weighted by molar-refractivity contribution is 5.95. The lowest BCUT2D eigenvalue weighted by Gasteiger charge is -2.42. The lowest BCUT2D eigenvalue weighted by Crippen LogP contribution is -2.41. The molecule has 0 radical (unpaired) electrons. The van der Waals surface area contributed by atoms with Crippen molar-refractivity contribution in [2.24, 2.45) is 0 Å². The topological polar surface area (TPSA) is 59.8 Å². The minimum Gasteiger partial charge on any atom is -0.459 e. The van der Waals surface area contributed by atoms with Crippen molar-refractivity contribution in [2.75, 3.05) is 6.54 Å². The largest absolute Gasteiger partial charge is 0.459 e. The summed E-state index contributed by atoms with van der Waals surface area (Å²) < 4.78 is 11.6. The highest BCUT2D eigenvalue weighted by Gasteiger charge is 2.38. The normalized spacial score (nSPS) is 19.2. The van der Waals surface area contributed by atoms with Crippen molar-refractivity contribution >= 4 is 11.9 Å². The minimum absolute atomic E-state index is 0. The van der Waals surface area contributed by atoms with Gasteiger partial charge in [0.05, 0.1) is 0 Å². The van der Waals surface area contributed by atoms with Gasteiger partial charge in [-0.05, 0) is 83.4 Å². The van der Waals surface area contributed by atoms with Crippen LogP contribution in [-0.4, -0.2) is 29.4 Å². The molecule has 2 heterocycles. The first kappa shape index (κ1) is 28.7.